The normalized spacial score (nSPS) is 14.1. The van der Waals surface area contributed by atoms with Crippen molar-refractivity contribution in [3.05, 3.63) is 59.9 Å². The van der Waals surface area contributed by atoms with Crippen molar-refractivity contribution in [1.82, 2.24) is 14.8 Å². The number of hydrogen-bond donors (Lipinski definition) is 1. The standard InChI is InChI=1S/C18H18N4O3/c23-13-21-6-8-22(9-7-21)18(25)15-10-14(11-19-12-15)17(24)20-16-4-2-1-3-5-16/h1-5,10-13H,6-9H2,(H,20,24). The summed E-state index contributed by atoms with van der Waals surface area (Å²) in [6.07, 6.45) is 3.67. The zero-order valence-corrected chi connectivity index (χ0v) is 13.6. The van der Waals surface area contributed by atoms with Crippen LogP contribution in [-0.4, -0.2) is 59.2 Å². The van der Waals surface area contributed by atoms with E-state index in [1.165, 1.54) is 12.4 Å². The van der Waals surface area contributed by atoms with E-state index in [9.17, 15) is 14.4 Å². The van der Waals surface area contributed by atoms with Crippen LogP contribution in [0.25, 0.3) is 0 Å². The number of carbonyl (C=O) groups is 3. The molecule has 2 aromatic rings. The van der Waals surface area contributed by atoms with E-state index in [0.717, 1.165) is 6.41 Å². The van der Waals surface area contributed by atoms with Crippen molar-refractivity contribution in [2.45, 2.75) is 0 Å². The number of benzene rings is 1. The zero-order valence-electron chi connectivity index (χ0n) is 13.6. The van der Waals surface area contributed by atoms with Crippen LogP contribution in [0.1, 0.15) is 20.7 Å². The molecule has 0 spiro atoms. The minimum absolute atomic E-state index is 0.188. The van der Waals surface area contributed by atoms with E-state index >= 15 is 0 Å². The third-order valence-corrected chi connectivity index (χ3v) is 4.03. The fourth-order valence-electron chi connectivity index (χ4n) is 2.62. The van der Waals surface area contributed by atoms with Gasteiger partial charge in [-0.1, -0.05) is 18.2 Å². The molecular weight excluding hydrogens is 320 g/mol. The molecule has 2 heterocycles. The van der Waals surface area contributed by atoms with E-state index in [-0.39, 0.29) is 11.8 Å². The summed E-state index contributed by atoms with van der Waals surface area (Å²) < 4.78 is 0. The molecule has 1 aliphatic heterocycles. The third kappa shape index (κ3) is 4.00. The lowest BCUT2D eigenvalue weighted by Crippen LogP contribution is -2.48. The first-order chi connectivity index (χ1) is 12.2. The summed E-state index contributed by atoms with van der Waals surface area (Å²) in [4.78, 5) is 43.0. The maximum Gasteiger partial charge on any atom is 0.257 e. The molecule has 1 aromatic heterocycles. The van der Waals surface area contributed by atoms with Crippen molar-refractivity contribution in [3.63, 3.8) is 0 Å². The lowest BCUT2D eigenvalue weighted by molar-refractivity contribution is -0.119. The number of amides is 3. The second kappa shape index (κ2) is 7.57. The molecule has 0 aliphatic carbocycles. The Bertz CT molecular complexity index is 771. The Labute approximate surface area is 145 Å². The lowest BCUT2D eigenvalue weighted by Gasteiger charge is -2.32. The zero-order chi connectivity index (χ0) is 17.6. The highest BCUT2D eigenvalue weighted by molar-refractivity contribution is 6.05. The van der Waals surface area contributed by atoms with E-state index in [0.29, 0.717) is 43.0 Å². The molecule has 0 unspecified atom stereocenters. The van der Waals surface area contributed by atoms with Gasteiger partial charge in [0.15, 0.2) is 0 Å². The van der Waals surface area contributed by atoms with E-state index in [1.807, 2.05) is 18.2 Å². The van der Waals surface area contributed by atoms with Crippen LogP contribution in [-0.2, 0) is 4.79 Å². The molecular formula is C18H18N4O3. The minimum atomic E-state index is -0.320. The number of para-hydroxylation sites is 1. The first kappa shape index (κ1) is 16.6. The summed E-state index contributed by atoms with van der Waals surface area (Å²) in [5, 5.41) is 2.77. The molecule has 7 heteroatoms. The maximum atomic E-state index is 12.6. The molecule has 0 radical (unpaired) electrons. The van der Waals surface area contributed by atoms with E-state index in [2.05, 4.69) is 10.3 Å². The van der Waals surface area contributed by atoms with Gasteiger partial charge >= 0.3 is 0 Å². The second-order valence-corrected chi connectivity index (χ2v) is 5.72. The van der Waals surface area contributed by atoms with Crippen molar-refractivity contribution in [1.29, 1.82) is 0 Å². The molecule has 3 rings (SSSR count). The van der Waals surface area contributed by atoms with Gasteiger partial charge < -0.3 is 15.1 Å². The van der Waals surface area contributed by atoms with Crippen molar-refractivity contribution >= 4 is 23.9 Å². The molecule has 1 fully saturated rings. The molecule has 25 heavy (non-hydrogen) atoms. The van der Waals surface area contributed by atoms with Crippen LogP contribution in [0.5, 0.6) is 0 Å². The van der Waals surface area contributed by atoms with Crippen LogP contribution >= 0.6 is 0 Å². The van der Waals surface area contributed by atoms with Gasteiger partial charge in [-0.05, 0) is 18.2 Å². The quantitative estimate of drug-likeness (QED) is 0.851. The van der Waals surface area contributed by atoms with Crippen molar-refractivity contribution in [3.8, 4) is 0 Å². The number of nitrogens with zero attached hydrogens (tertiary/aromatic N) is 3. The Kier molecular flexibility index (Phi) is 5.03. The number of pyridine rings is 1. The predicted octanol–water partition coefficient (Wildman–Crippen LogP) is 1.25. The first-order valence-electron chi connectivity index (χ1n) is 7.97. The summed E-state index contributed by atoms with van der Waals surface area (Å²) in [5.74, 6) is -0.508. The van der Waals surface area contributed by atoms with Gasteiger partial charge in [0, 0.05) is 44.3 Å². The van der Waals surface area contributed by atoms with Gasteiger partial charge in [0.1, 0.15) is 0 Å². The SMILES string of the molecule is O=CN1CCN(C(=O)c2cncc(C(=O)Nc3ccccc3)c2)CC1. The van der Waals surface area contributed by atoms with Gasteiger partial charge in [-0.2, -0.15) is 0 Å². The third-order valence-electron chi connectivity index (χ3n) is 4.03. The Morgan fingerprint density at radius 2 is 1.68 bits per heavy atom. The molecule has 0 bridgehead atoms. The van der Waals surface area contributed by atoms with E-state index < -0.39 is 0 Å². The number of rotatable bonds is 4. The molecule has 1 N–H and O–H groups in total. The van der Waals surface area contributed by atoms with Gasteiger partial charge in [-0.15, -0.1) is 0 Å². The summed E-state index contributed by atoms with van der Waals surface area (Å²) in [6.45, 7) is 1.96. The number of aromatic nitrogens is 1. The highest BCUT2D eigenvalue weighted by atomic mass is 16.2. The number of hydrogen-bond acceptors (Lipinski definition) is 4. The fourth-order valence-corrected chi connectivity index (χ4v) is 2.62. The molecule has 0 saturated carbocycles. The number of nitrogens with one attached hydrogen (secondary N) is 1. The average Bonchev–Trinajstić information content (AvgIpc) is 2.68. The van der Waals surface area contributed by atoms with Crippen LogP contribution < -0.4 is 5.32 Å². The number of piperazine rings is 1. The van der Waals surface area contributed by atoms with Gasteiger partial charge in [0.25, 0.3) is 11.8 Å². The minimum Gasteiger partial charge on any atom is -0.342 e. The van der Waals surface area contributed by atoms with Crippen LogP contribution in [0.4, 0.5) is 5.69 Å². The Morgan fingerprint density at radius 1 is 1.00 bits per heavy atom. The van der Waals surface area contributed by atoms with Gasteiger partial charge in [0.05, 0.1) is 11.1 Å². The van der Waals surface area contributed by atoms with Gasteiger partial charge in [-0.25, -0.2) is 0 Å². The van der Waals surface area contributed by atoms with Crippen LogP contribution in [0.3, 0.4) is 0 Å². The van der Waals surface area contributed by atoms with Crippen molar-refractivity contribution in [2.75, 3.05) is 31.5 Å². The van der Waals surface area contributed by atoms with Crippen LogP contribution in [0.15, 0.2) is 48.8 Å². The fraction of sp³-hybridized carbons (Fsp3) is 0.222. The Morgan fingerprint density at radius 3 is 2.36 bits per heavy atom. The number of carbonyl (C=O) groups excluding carboxylic acids is 3. The van der Waals surface area contributed by atoms with E-state index in [4.69, 9.17) is 0 Å². The largest absolute Gasteiger partial charge is 0.342 e. The second-order valence-electron chi connectivity index (χ2n) is 5.72. The number of anilines is 1. The average molecular weight is 338 g/mol. The summed E-state index contributed by atoms with van der Waals surface area (Å²) in [5.41, 5.74) is 1.36. The molecule has 0 atom stereocenters. The van der Waals surface area contributed by atoms with Crippen LogP contribution in [0, 0.1) is 0 Å². The summed E-state index contributed by atoms with van der Waals surface area (Å²) >= 11 is 0. The summed E-state index contributed by atoms with van der Waals surface area (Å²) in [6, 6.07) is 10.6. The highest BCUT2D eigenvalue weighted by Gasteiger charge is 2.22. The van der Waals surface area contributed by atoms with Crippen molar-refractivity contribution in [2.24, 2.45) is 0 Å². The molecule has 1 aromatic carbocycles. The predicted molar refractivity (Wildman–Crippen MR) is 92.2 cm³/mol. The van der Waals surface area contributed by atoms with Gasteiger partial charge in [0.2, 0.25) is 6.41 Å². The summed E-state index contributed by atoms with van der Waals surface area (Å²) in [7, 11) is 0. The molecule has 128 valence electrons. The molecule has 7 nitrogen and oxygen atoms in total. The monoisotopic (exact) mass is 338 g/mol. The lowest BCUT2D eigenvalue weighted by atomic mass is 10.1. The van der Waals surface area contributed by atoms with E-state index in [1.54, 1.807) is 28.0 Å². The van der Waals surface area contributed by atoms with Crippen molar-refractivity contribution < 1.29 is 14.4 Å². The molecule has 1 saturated heterocycles. The molecule has 1 aliphatic rings. The Balaban J connectivity index is 1.69. The smallest absolute Gasteiger partial charge is 0.257 e. The first-order valence-corrected chi connectivity index (χ1v) is 7.97. The van der Waals surface area contributed by atoms with Crippen LogP contribution in [0.2, 0.25) is 0 Å². The topological polar surface area (TPSA) is 82.6 Å². The maximum absolute atomic E-state index is 12.6. The highest BCUT2D eigenvalue weighted by Crippen LogP contribution is 2.12. The molecule has 3 amide bonds. The van der Waals surface area contributed by atoms with Gasteiger partial charge in [-0.3, -0.25) is 19.4 Å². The Hall–Kier alpha value is -3.22.